The SMILES string of the molecule is CC(=O)C1CC=C([C@H]2NC(=O)[C@@H]2[C@@H](C)O)CC1. The summed E-state index contributed by atoms with van der Waals surface area (Å²) in [6, 6.07) is -0.0181. The Morgan fingerprint density at radius 1 is 1.59 bits per heavy atom. The van der Waals surface area contributed by atoms with Crippen LogP contribution in [0.3, 0.4) is 0 Å². The highest BCUT2D eigenvalue weighted by atomic mass is 16.3. The number of carbonyl (C=O) groups excluding carboxylic acids is 2. The lowest BCUT2D eigenvalue weighted by atomic mass is 9.76. The third-order valence-corrected chi connectivity index (χ3v) is 3.90. The summed E-state index contributed by atoms with van der Waals surface area (Å²) in [4.78, 5) is 22.6. The molecule has 0 aromatic heterocycles. The van der Waals surface area contributed by atoms with Gasteiger partial charge >= 0.3 is 0 Å². The van der Waals surface area contributed by atoms with Crippen molar-refractivity contribution in [1.29, 1.82) is 0 Å². The Morgan fingerprint density at radius 3 is 2.71 bits per heavy atom. The van der Waals surface area contributed by atoms with Gasteiger partial charge in [0.1, 0.15) is 5.78 Å². The molecule has 4 atom stereocenters. The van der Waals surface area contributed by atoms with Gasteiger partial charge in [-0.05, 0) is 33.1 Å². The molecule has 0 spiro atoms. The van der Waals surface area contributed by atoms with Crippen LogP contribution in [0.1, 0.15) is 33.1 Å². The number of aliphatic hydroxyl groups is 1. The van der Waals surface area contributed by atoms with E-state index in [1.807, 2.05) is 0 Å². The third-order valence-electron chi connectivity index (χ3n) is 3.90. The minimum Gasteiger partial charge on any atom is -0.392 e. The second-order valence-corrected chi connectivity index (χ2v) is 5.11. The minimum absolute atomic E-state index is 0.0181. The molecular formula is C13H19NO3. The van der Waals surface area contributed by atoms with E-state index in [4.69, 9.17) is 0 Å². The van der Waals surface area contributed by atoms with Crippen LogP contribution in [0.5, 0.6) is 0 Å². The van der Waals surface area contributed by atoms with Crippen molar-refractivity contribution in [1.82, 2.24) is 5.32 Å². The Bertz CT molecular complexity index is 373. The first-order valence-corrected chi connectivity index (χ1v) is 6.18. The summed E-state index contributed by atoms with van der Waals surface area (Å²) in [5, 5.41) is 12.4. The molecule has 1 aliphatic heterocycles. The first kappa shape index (κ1) is 12.3. The standard InChI is InChI=1S/C13H19NO3/c1-7(15)9-3-5-10(6-4-9)12-11(8(2)16)13(17)14-12/h5,8-9,11-12,16H,3-4,6H2,1-2H3,(H,14,17)/t8-,9?,11-,12-/m1/s1. The van der Waals surface area contributed by atoms with Gasteiger partial charge in [-0.2, -0.15) is 0 Å². The zero-order valence-electron chi connectivity index (χ0n) is 10.3. The number of hydrogen-bond donors (Lipinski definition) is 2. The van der Waals surface area contributed by atoms with Gasteiger partial charge in [0, 0.05) is 5.92 Å². The van der Waals surface area contributed by atoms with E-state index in [9.17, 15) is 14.7 Å². The molecule has 17 heavy (non-hydrogen) atoms. The fraction of sp³-hybridized carbons (Fsp3) is 0.692. The van der Waals surface area contributed by atoms with Crippen molar-refractivity contribution in [3.8, 4) is 0 Å². The lowest BCUT2D eigenvalue weighted by molar-refractivity contribution is -0.139. The summed E-state index contributed by atoms with van der Waals surface area (Å²) >= 11 is 0. The molecule has 0 aromatic rings. The van der Waals surface area contributed by atoms with E-state index in [1.165, 1.54) is 5.57 Å². The van der Waals surface area contributed by atoms with Crippen LogP contribution < -0.4 is 5.32 Å². The van der Waals surface area contributed by atoms with E-state index in [0.717, 1.165) is 19.3 Å². The zero-order chi connectivity index (χ0) is 12.6. The summed E-state index contributed by atoms with van der Waals surface area (Å²) < 4.78 is 0. The Labute approximate surface area is 101 Å². The van der Waals surface area contributed by atoms with Crippen molar-refractivity contribution < 1.29 is 14.7 Å². The van der Waals surface area contributed by atoms with Crippen LogP contribution in [0.4, 0.5) is 0 Å². The highest BCUT2D eigenvalue weighted by molar-refractivity contribution is 5.87. The van der Waals surface area contributed by atoms with Crippen molar-refractivity contribution in [2.24, 2.45) is 11.8 Å². The lowest BCUT2D eigenvalue weighted by Gasteiger charge is -2.41. The molecule has 1 unspecified atom stereocenters. The van der Waals surface area contributed by atoms with Gasteiger partial charge < -0.3 is 10.4 Å². The van der Waals surface area contributed by atoms with Crippen LogP contribution >= 0.6 is 0 Å². The zero-order valence-corrected chi connectivity index (χ0v) is 10.3. The monoisotopic (exact) mass is 237 g/mol. The van der Waals surface area contributed by atoms with E-state index < -0.39 is 6.10 Å². The van der Waals surface area contributed by atoms with Crippen LogP contribution in [0, 0.1) is 11.8 Å². The molecule has 1 aliphatic carbocycles. The second-order valence-electron chi connectivity index (χ2n) is 5.11. The number of rotatable bonds is 3. The van der Waals surface area contributed by atoms with Gasteiger partial charge in [-0.1, -0.05) is 11.6 Å². The Morgan fingerprint density at radius 2 is 2.29 bits per heavy atom. The summed E-state index contributed by atoms with van der Waals surface area (Å²) in [7, 11) is 0. The van der Waals surface area contributed by atoms with Gasteiger partial charge in [-0.3, -0.25) is 9.59 Å². The third kappa shape index (κ3) is 2.27. The van der Waals surface area contributed by atoms with Gasteiger partial charge in [0.2, 0.25) is 5.91 Å². The van der Waals surface area contributed by atoms with E-state index in [-0.39, 0.29) is 29.6 Å². The van der Waals surface area contributed by atoms with Crippen molar-refractivity contribution in [3.05, 3.63) is 11.6 Å². The Balaban J connectivity index is 2.01. The lowest BCUT2D eigenvalue weighted by Crippen LogP contribution is -2.62. The molecule has 0 bridgehead atoms. The molecule has 4 nitrogen and oxygen atoms in total. The van der Waals surface area contributed by atoms with Crippen molar-refractivity contribution >= 4 is 11.7 Å². The number of hydrogen-bond acceptors (Lipinski definition) is 3. The summed E-state index contributed by atoms with van der Waals surface area (Å²) in [6.45, 7) is 3.28. The number of carbonyl (C=O) groups is 2. The molecular weight excluding hydrogens is 218 g/mol. The van der Waals surface area contributed by atoms with E-state index in [1.54, 1.807) is 13.8 Å². The molecule has 2 rings (SSSR count). The molecule has 0 saturated carbocycles. The first-order valence-electron chi connectivity index (χ1n) is 6.18. The summed E-state index contributed by atoms with van der Waals surface area (Å²) in [5.74, 6) is -0.000677. The van der Waals surface area contributed by atoms with Crippen LogP contribution in [0.2, 0.25) is 0 Å². The predicted molar refractivity (Wildman–Crippen MR) is 63.2 cm³/mol. The highest BCUT2D eigenvalue weighted by Gasteiger charge is 2.44. The van der Waals surface area contributed by atoms with Gasteiger partial charge in [-0.15, -0.1) is 0 Å². The summed E-state index contributed by atoms with van der Waals surface area (Å²) in [6.07, 6.45) is 3.93. The minimum atomic E-state index is -0.611. The fourth-order valence-electron chi connectivity index (χ4n) is 2.72. The van der Waals surface area contributed by atoms with E-state index >= 15 is 0 Å². The number of β-lactam (4-membered cyclic amide) rings is 1. The fourth-order valence-corrected chi connectivity index (χ4v) is 2.72. The largest absolute Gasteiger partial charge is 0.392 e. The van der Waals surface area contributed by atoms with Crippen LogP contribution in [-0.2, 0) is 9.59 Å². The van der Waals surface area contributed by atoms with Crippen LogP contribution in [-0.4, -0.2) is 28.9 Å². The second kappa shape index (κ2) is 4.61. The molecule has 1 fully saturated rings. The molecule has 0 radical (unpaired) electrons. The molecule has 1 heterocycles. The number of allylic oxidation sites excluding steroid dienone is 1. The molecule has 4 heteroatoms. The van der Waals surface area contributed by atoms with Gasteiger partial charge in [0.25, 0.3) is 0 Å². The highest BCUT2D eigenvalue weighted by Crippen LogP contribution is 2.33. The van der Waals surface area contributed by atoms with Gasteiger partial charge in [-0.25, -0.2) is 0 Å². The topological polar surface area (TPSA) is 66.4 Å². The molecule has 2 aliphatic rings. The Kier molecular flexibility index (Phi) is 3.33. The average Bonchev–Trinajstić information content (AvgIpc) is 2.25. The van der Waals surface area contributed by atoms with Crippen LogP contribution in [0.25, 0.3) is 0 Å². The maximum atomic E-state index is 11.3. The van der Waals surface area contributed by atoms with Crippen LogP contribution in [0.15, 0.2) is 11.6 Å². The molecule has 1 amide bonds. The molecule has 2 N–H and O–H groups in total. The number of amides is 1. The van der Waals surface area contributed by atoms with E-state index in [2.05, 4.69) is 11.4 Å². The summed E-state index contributed by atoms with van der Waals surface area (Å²) in [5.41, 5.74) is 1.17. The normalized spacial score (nSPS) is 34.4. The average molecular weight is 237 g/mol. The first-order chi connectivity index (χ1) is 8.00. The number of nitrogens with one attached hydrogen (secondary N) is 1. The molecule has 94 valence electrons. The van der Waals surface area contributed by atoms with Crippen molar-refractivity contribution in [3.63, 3.8) is 0 Å². The number of aliphatic hydroxyl groups excluding tert-OH is 1. The maximum absolute atomic E-state index is 11.3. The Hall–Kier alpha value is -1.16. The number of ketones is 1. The predicted octanol–water partition coefficient (Wildman–Crippen LogP) is 0.797. The van der Waals surface area contributed by atoms with Gasteiger partial charge in [0.05, 0.1) is 18.1 Å². The quantitative estimate of drug-likeness (QED) is 0.563. The van der Waals surface area contributed by atoms with Crippen molar-refractivity contribution in [2.45, 2.75) is 45.3 Å². The molecule has 1 saturated heterocycles. The van der Waals surface area contributed by atoms with Gasteiger partial charge in [0.15, 0.2) is 0 Å². The van der Waals surface area contributed by atoms with E-state index in [0.29, 0.717) is 0 Å². The van der Waals surface area contributed by atoms with Crippen molar-refractivity contribution in [2.75, 3.05) is 0 Å². The smallest absolute Gasteiger partial charge is 0.228 e. The number of Topliss-reactive ketones (excluding diaryl/α,β-unsaturated/α-hetero) is 1. The maximum Gasteiger partial charge on any atom is 0.228 e. The molecule has 0 aromatic carbocycles.